The van der Waals surface area contributed by atoms with Gasteiger partial charge in [0.05, 0.1) is 6.54 Å². The molecule has 5 nitrogen and oxygen atoms in total. The summed E-state index contributed by atoms with van der Waals surface area (Å²) in [6, 6.07) is 5.96. The Morgan fingerprint density at radius 2 is 2.30 bits per heavy atom. The zero-order valence-electron chi connectivity index (χ0n) is 11.0. The minimum Gasteiger partial charge on any atom is -0.485 e. The number of halogens is 1. The number of nitrogens with zero attached hydrogens (tertiary/aromatic N) is 2. The molecule has 20 heavy (non-hydrogen) atoms. The van der Waals surface area contributed by atoms with E-state index < -0.39 is 0 Å². The van der Waals surface area contributed by atoms with Gasteiger partial charge in [0.1, 0.15) is 11.6 Å². The minimum atomic E-state index is -0.333. The normalized spacial score (nSPS) is 14.4. The van der Waals surface area contributed by atoms with Gasteiger partial charge in [0, 0.05) is 6.07 Å². The first-order chi connectivity index (χ1) is 9.79. The minimum absolute atomic E-state index is 0.162. The molecule has 1 fully saturated rings. The number of aromatic nitrogens is 2. The van der Waals surface area contributed by atoms with Crippen LogP contribution in [0.1, 0.15) is 24.6 Å². The SMILES string of the molecule is Fc1cccc(OCc2noc(CNCC3CC3)n2)c1. The van der Waals surface area contributed by atoms with Crippen LogP contribution < -0.4 is 10.1 Å². The zero-order valence-corrected chi connectivity index (χ0v) is 11.0. The Labute approximate surface area is 116 Å². The van der Waals surface area contributed by atoms with Crippen molar-refractivity contribution in [2.24, 2.45) is 5.92 Å². The molecule has 3 rings (SSSR count). The summed E-state index contributed by atoms with van der Waals surface area (Å²) in [5.74, 6) is 1.93. The summed E-state index contributed by atoms with van der Waals surface area (Å²) < 4.78 is 23.5. The second kappa shape index (κ2) is 6.00. The van der Waals surface area contributed by atoms with Gasteiger partial charge in [-0.15, -0.1) is 0 Å². The molecule has 6 heteroatoms. The van der Waals surface area contributed by atoms with Crippen molar-refractivity contribution in [2.45, 2.75) is 26.0 Å². The zero-order chi connectivity index (χ0) is 13.8. The third kappa shape index (κ3) is 3.77. The van der Waals surface area contributed by atoms with E-state index in [2.05, 4.69) is 15.5 Å². The Hall–Kier alpha value is -1.95. The van der Waals surface area contributed by atoms with Crippen LogP contribution in [0.3, 0.4) is 0 Å². The number of hydrogen-bond donors (Lipinski definition) is 1. The van der Waals surface area contributed by atoms with Gasteiger partial charge in [0.2, 0.25) is 11.7 Å². The lowest BCUT2D eigenvalue weighted by Gasteiger charge is -2.02. The van der Waals surface area contributed by atoms with Gasteiger partial charge in [-0.2, -0.15) is 4.98 Å². The van der Waals surface area contributed by atoms with Crippen LogP contribution in [0, 0.1) is 11.7 Å². The molecule has 0 amide bonds. The molecule has 0 atom stereocenters. The Morgan fingerprint density at radius 3 is 3.10 bits per heavy atom. The molecule has 1 aromatic carbocycles. The summed E-state index contributed by atoms with van der Waals surface area (Å²) in [4.78, 5) is 4.21. The van der Waals surface area contributed by atoms with E-state index in [1.807, 2.05) is 0 Å². The van der Waals surface area contributed by atoms with Crippen LogP contribution in [0.15, 0.2) is 28.8 Å². The van der Waals surface area contributed by atoms with E-state index in [-0.39, 0.29) is 12.4 Å². The van der Waals surface area contributed by atoms with Crippen molar-refractivity contribution in [3.8, 4) is 5.75 Å². The van der Waals surface area contributed by atoms with Crippen molar-refractivity contribution in [3.05, 3.63) is 41.8 Å². The molecule has 0 spiro atoms. The smallest absolute Gasteiger partial charge is 0.240 e. The fraction of sp³-hybridized carbons (Fsp3) is 0.429. The highest BCUT2D eigenvalue weighted by atomic mass is 19.1. The molecule has 0 bridgehead atoms. The highest BCUT2D eigenvalue weighted by Crippen LogP contribution is 2.27. The number of nitrogens with one attached hydrogen (secondary N) is 1. The van der Waals surface area contributed by atoms with E-state index in [9.17, 15) is 4.39 Å². The van der Waals surface area contributed by atoms with Crippen molar-refractivity contribution in [3.63, 3.8) is 0 Å². The van der Waals surface area contributed by atoms with E-state index in [1.54, 1.807) is 12.1 Å². The summed E-state index contributed by atoms with van der Waals surface area (Å²) >= 11 is 0. The fourth-order valence-electron chi connectivity index (χ4n) is 1.83. The van der Waals surface area contributed by atoms with E-state index in [0.717, 1.165) is 12.5 Å². The number of hydrogen-bond acceptors (Lipinski definition) is 5. The summed E-state index contributed by atoms with van der Waals surface area (Å²) in [6.07, 6.45) is 2.62. The van der Waals surface area contributed by atoms with Gasteiger partial charge in [0.25, 0.3) is 0 Å². The van der Waals surface area contributed by atoms with Crippen LogP contribution in [0.5, 0.6) is 5.75 Å². The Balaban J connectivity index is 1.46. The molecule has 0 saturated heterocycles. The Kier molecular flexibility index (Phi) is 3.92. The first-order valence-corrected chi connectivity index (χ1v) is 6.70. The standard InChI is InChI=1S/C14H16FN3O2/c15-11-2-1-3-12(6-11)19-9-13-17-14(20-18-13)8-16-7-10-4-5-10/h1-3,6,10,16H,4-5,7-9H2. The summed E-state index contributed by atoms with van der Waals surface area (Å²) in [6.45, 7) is 1.73. The van der Waals surface area contributed by atoms with Gasteiger partial charge < -0.3 is 14.6 Å². The quantitative estimate of drug-likeness (QED) is 0.841. The van der Waals surface area contributed by atoms with Crippen LogP contribution in [0.2, 0.25) is 0 Å². The Morgan fingerprint density at radius 1 is 1.40 bits per heavy atom. The lowest BCUT2D eigenvalue weighted by Crippen LogP contribution is -2.16. The summed E-state index contributed by atoms with van der Waals surface area (Å²) in [5.41, 5.74) is 0. The van der Waals surface area contributed by atoms with Crippen LogP contribution in [-0.4, -0.2) is 16.7 Å². The van der Waals surface area contributed by atoms with Crippen LogP contribution >= 0.6 is 0 Å². The highest BCUT2D eigenvalue weighted by molar-refractivity contribution is 5.22. The Bertz CT molecular complexity index is 569. The predicted octanol–water partition coefficient (Wildman–Crippen LogP) is 2.29. The topological polar surface area (TPSA) is 60.2 Å². The fourth-order valence-corrected chi connectivity index (χ4v) is 1.83. The third-order valence-corrected chi connectivity index (χ3v) is 3.08. The maximum atomic E-state index is 13.0. The van der Waals surface area contributed by atoms with Crippen molar-refractivity contribution < 1.29 is 13.7 Å². The molecule has 106 valence electrons. The molecule has 0 unspecified atom stereocenters. The van der Waals surface area contributed by atoms with Crippen molar-refractivity contribution in [1.82, 2.24) is 15.5 Å². The van der Waals surface area contributed by atoms with Gasteiger partial charge in [0.15, 0.2) is 6.61 Å². The number of benzene rings is 1. The van der Waals surface area contributed by atoms with E-state index in [1.165, 1.54) is 25.0 Å². The van der Waals surface area contributed by atoms with Gasteiger partial charge in [-0.05, 0) is 37.4 Å². The first-order valence-electron chi connectivity index (χ1n) is 6.70. The van der Waals surface area contributed by atoms with E-state index in [0.29, 0.717) is 24.0 Å². The van der Waals surface area contributed by atoms with E-state index >= 15 is 0 Å². The van der Waals surface area contributed by atoms with Crippen molar-refractivity contribution in [1.29, 1.82) is 0 Å². The monoisotopic (exact) mass is 277 g/mol. The lowest BCUT2D eigenvalue weighted by atomic mass is 10.3. The van der Waals surface area contributed by atoms with Crippen LogP contribution in [0.4, 0.5) is 4.39 Å². The van der Waals surface area contributed by atoms with Gasteiger partial charge in [-0.3, -0.25) is 0 Å². The van der Waals surface area contributed by atoms with Crippen molar-refractivity contribution in [2.75, 3.05) is 6.54 Å². The molecular formula is C14H16FN3O2. The molecular weight excluding hydrogens is 261 g/mol. The average Bonchev–Trinajstić information content (AvgIpc) is 3.15. The second-order valence-electron chi connectivity index (χ2n) is 4.92. The van der Waals surface area contributed by atoms with Crippen LogP contribution in [-0.2, 0) is 13.2 Å². The molecule has 2 aromatic rings. The lowest BCUT2D eigenvalue weighted by molar-refractivity contribution is 0.283. The van der Waals surface area contributed by atoms with Crippen LogP contribution in [0.25, 0.3) is 0 Å². The molecule has 1 aliphatic carbocycles. The maximum Gasteiger partial charge on any atom is 0.240 e. The number of ether oxygens (including phenoxy) is 1. The molecule has 1 N–H and O–H groups in total. The molecule has 1 aromatic heterocycles. The maximum absolute atomic E-state index is 13.0. The third-order valence-electron chi connectivity index (χ3n) is 3.08. The first kappa shape index (κ1) is 13.1. The molecule has 1 heterocycles. The number of rotatable bonds is 7. The predicted molar refractivity (Wildman–Crippen MR) is 69.5 cm³/mol. The highest BCUT2D eigenvalue weighted by Gasteiger charge is 2.20. The van der Waals surface area contributed by atoms with Gasteiger partial charge in [-0.1, -0.05) is 11.2 Å². The van der Waals surface area contributed by atoms with Gasteiger partial charge in [-0.25, -0.2) is 4.39 Å². The largest absolute Gasteiger partial charge is 0.485 e. The molecule has 1 saturated carbocycles. The average molecular weight is 277 g/mol. The molecule has 0 radical (unpaired) electrons. The van der Waals surface area contributed by atoms with Gasteiger partial charge >= 0.3 is 0 Å². The summed E-state index contributed by atoms with van der Waals surface area (Å²) in [7, 11) is 0. The van der Waals surface area contributed by atoms with E-state index in [4.69, 9.17) is 9.26 Å². The van der Waals surface area contributed by atoms with Crippen molar-refractivity contribution >= 4 is 0 Å². The molecule has 0 aliphatic heterocycles. The second-order valence-corrected chi connectivity index (χ2v) is 4.92. The molecule has 1 aliphatic rings. The summed E-state index contributed by atoms with van der Waals surface area (Å²) in [5, 5.41) is 7.09.